The molecule has 92 valence electrons. The second kappa shape index (κ2) is 5.32. The number of ketones is 1. The molecule has 1 aliphatic rings. The zero-order chi connectivity index (χ0) is 12.3. The van der Waals surface area contributed by atoms with Crippen LogP contribution >= 0.6 is 15.9 Å². The van der Waals surface area contributed by atoms with Crippen LogP contribution in [0.5, 0.6) is 0 Å². The molecule has 0 amide bonds. The summed E-state index contributed by atoms with van der Waals surface area (Å²) >= 11 is 3.44. The van der Waals surface area contributed by atoms with Crippen molar-refractivity contribution >= 4 is 21.7 Å². The zero-order valence-corrected chi connectivity index (χ0v) is 11.7. The average molecular weight is 296 g/mol. The molecule has 1 fully saturated rings. The summed E-state index contributed by atoms with van der Waals surface area (Å²) in [5.74, 6) is 0.329. The molecule has 1 heterocycles. The van der Waals surface area contributed by atoms with E-state index in [1.165, 1.54) is 0 Å². The van der Waals surface area contributed by atoms with Crippen molar-refractivity contribution in [1.29, 1.82) is 0 Å². The maximum atomic E-state index is 12.4. The van der Waals surface area contributed by atoms with Gasteiger partial charge in [-0.25, -0.2) is 0 Å². The fourth-order valence-electron chi connectivity index (χ4n) is 2.54. The smallest absolute Gasteiger partial charge is 0.157 e. The first kappa shape index (κ1) is 12.8. The van der Waals surface area contributed by atoms with Gasteiger partial charge in [0.1, 0.15) is 0 Å². The van der Waals surface area contributed by atoms with Gasteiger partial charge in [-0.2, -0.15) is 0 Å². The minimum atomic E-state index is -0.262. The predicted octanol–water partition coefficient (Wildman–Crippen LogP) is 3.09. The molecule has 1 saturated heterocycles. The van der Waals surface area contributed by atoms with E-state index in [0.717, 1.165) is 35.8 Å². The van der Waals surface area contributed by atoms with Crippen LogP contribution in [-0.4, -0.2) is 17.9 Å². The number of rotatable bonds is 4. The molecule has 1 atom stereocenters. The standard InChI is InChI=1S/C14H18BrNO/c1-2-14(7-4-8-16-14)13(17)10-11-5-3-6-12(15)9-11/h3,5-6,9,16H,2,4,7-8,10H2,1H3. The van der Waals surface area contributed by atoms with E-state index < -0.39 is 0 Å². The first-order chi connectivity index (χ1) is 8.16. The molecule has 1 aromatic carbocycles. The molecule has 0 saturated carbocycles. The van der Waals surface area contributed by atoms with Crippen molar-refractivity contribution in [2.45, 2.75) is 38.1 Å². The fourth-order valence-corrected chi connectivity index (χ4v) is 2.99. The quantitative estimate of drug-likeness (QED) is 0.925. The molecule has 2 rings (SSSR count). The lowest BCUT2D eigenvalue weighted by Crippen LogP contribution is -2.47. The number of hydrogen-bond donors (Lipinski definition) is 1. The second-order valence-corrected chi connectivity index (χ2v) is 5.61. The Morgan fingerprint density at radius 1 is 1.53 bits per heavy atom. The lowest BCUT2D eigenvalue weighted by Gasteiger charge is -2.26. The fraction of sp³-hybridized carbons (Fsp3) is 0.500. The van der Waals surface area contributed by atoms with Crippen LogP contribution < -0.4 is 5.32 Å². The van der Waals surface area contributed by atoms with E-state index >= 15 is 0 Å². The van der Waals surface area contributed by atoms with Crippen molar-refractivity contribution < 1.29 is 4.79 Å². The normalized spacial score (nSPS) is 23.9. The third-order valence-electron chi connectivity index (χ3n) is 3.63. The molecule has 1 N–H and O–H groups in total. The molecule has 0 aliphatic carbocycles. The monoisotopic (exact) mass is 295 g/mol. The van der Waals surface area contributed by atoms with Crippen LogP contribution in [0.3, 0.4) is 0 Å². The molecule has 1 aromatic rings. The lowest BCUT2D eigenvalue weighted by molar-refractivity contribution is -0.124. The third kappa shape index (κ3) is 2.78. The lowest BCUT2D eigenvalue weighted by atomic mass is 9.86. The van der Waals surface area contributed by atoms with E-state index in [1.54, 1.807) is 0 Å². The molecule has 1 aliphatic heterocycles. The topological polar surface area (TPSA) is 29.1 Å². The van der Waals surface area contributed by atoms with Crippen molar-refractivity contribution in [3.63, 3.8) is 0 Å². The SMILES string of the molecule is CCC1(C(=O)Cc2cccc(Br)c2)CCCN1. The van der Waals surface area contributed by atoms with Gasteiger partial charge in [0, 0.05) is 10.9 Å². The highest BCUT2D eigenvalue weighted by atomic mass is 79.9. The number of carbonyl (C=O) groups excluding carboxylic acids is 1. The van der Waals surface area contributed by atoms with Gasteiger partial charge in [0.05, 0.1) is 5.54 Å². The number of halogens is 1. The highest BCUT2D eigenvalue weighted by molar-refractivity contribution is 9.10. The summed E-state index contributed by atoms with van der Waals surface area (Å²) in [5, 5.41) is 3.39. The van der Waals surface area contributed by atoms with Gasteiger partial charge in [0.15, 0.2) is 5.78 Å². The van der Waals surface area contributed by atoms with E-state index in [1.807, 2.05) is 24.3 Å². The Bertz CT molecular complexity index is 410. The molecule has 0 bridgehead atoms. The van der Waals surface area contributed by atoms with Gasteiger partial charge in [-0.05, 0) is 43.5 Å². The average Bonchev–Trinajstić information content (AvgIpc) is 2.78. The van der Waals surface area contributed by atoms with Gasteiger partial charge < -0.3 is 5.32 Å². The van der Waals surface area contributed by atoms with Gasteiger partial charge in [0.2, 0.25) is 0 Å². The number of hydrogen-bond acceptors (Lipinski definition) is 2. The Hall–Kier alpha value is -0.670. The van der Waals surface area contributed by atoms with Crippen LogP contribution in [-0.2, 0) is 11.2 Å². The summed E-state index contributed by atoms with van der Waals surface area (Å²) in [6.07, 6.45) is 3.51. The minimum absolute atomic E-state index is 0.262. The van der Waals surface area contributed by atoms with Crippen molar-refractivity contribution in [3.8, 4) is 0 Å². The zero-order valence-electron chi connectivity index (χ0n) is 10.1. The molecule has 3 heteroatoms. The van der Waals surface area contributed by atoms with E-state index in [9.17, 15) is 4.79 Å². The molecule has 0 radical (unpaired) electrons. The number of benzene rings is 1. The summed E-state index contributed by atoms with van der Waals surface area (Å²) in [7, 11) is 0. The van der Waals surface area contributed by atoms with Crippen LogP contribution in [0.25, 0.3) is 0 Å². The second-order valence-electron chi connectivity index (χ2n) is 4.70. The molecular formula is C14H18BrNO. The number of Topliss-reactive ketones (excluding diaryl/α,β-unsaturated/α-hetero) is 1. The summed E-state index contributed by atoms with van der Waals surface area (Å²) in [6.45, 7) is 3.06. The Labute approximate surface area is 111 Å². The van der Waals surface area contributed by atoms with Gasteiger partial charge in [0.25, 0.3) is 0 Å². The van der Waals surface area contributed by atoms with E-state index in [4.69, 9.17) is 0 Å². The molecule has 17 heavy (non-hydrogen) atoms. The molecule has 0 aromatic heterocycles. The Morgan fingerprint density at radius 3 is 2.94 bits per heavy atom. The van der Waals surface area contributed by atoms with Gasteiger partial charge >= 0.3 is 0 Å². The van der Waals surface area contributed by atoms with E-state index in [0.29, 0.717) is 12.2 Å². The van der Waals surface area contributed by atoms with E-state index in [-0.39, 0.29) is 5.54 Å². The molecular weight excluding hydrogens is 278 g/mol. The first-order valence-corrected chi connectivity index (χ1v) is 6.98. The first-order valence-electron chi connectivity index (χ1n) is 6.19. The highest BCUT2D eigenvalue weighted by Crippen LogP contribution is 2.26. The van der Waals surface area contributed by atoms with Gasteiger partial charge in [-0.1, -0.05) is 35.0 Å². The van der Waals surface area contributed by atoms with Crippen molar-refractivity contribution in [1.82, 2.24) is 5.32 Å². The summed E-state index contributed by atoms with van der Waals surface area (Å²) in [5.41, 5.74) is 0.827. The summed E-state index contributed by atoms with van der Waals surface area (Å²) < 4.78 is 1.03. The van der Waals surface area contributed by atoms with Crippen molar-refractivity contribution in [2.75, 3.05) is 6.54 Å². The number of nitrogens with one attached hydrogen (secondary N) is 1. The summed E-state index contributed by atoms with van der Waals surface area (Å²) in [4.78, 5) is 12.4. The molecule has 2 nitrogen and oxygen atoms in total. The van der Waals surface area contributed by atoms with Gasteiger partial charge in [-0.3, -0.25) is 4.79 Å². The summed E-state index contributed by atoms with van der Waals surface area (Å²) in [6, 6.07) is 8.00. The minimum Gasteiger partial charge on any atom is -0.305 e. The van der Waals surface area contributed by atoms with Crippen LogP contribution in [0.1, 0.15) is 31.7 Å². The van der Waals surface area contributed by atoms with Crippen LogP contribution in [0.2, 0.25) is 0 Å². The Kier molecular flexibility index (Phi) is 4.00. The van der Waals surface area contributed by atoms with Crippen LogP contribution in [0.15, 0.2) is 28.7 Å². The van der Waals surface area contributed by atoms with Crippen LogP contribution in [0.4, 0.5) is 0 Å². The van der Waals surface area contributed by atoms with Crippen molar-refractivity contribution in [3.05, 3.63) is 34.3 Å². The third-order valence-corrected chi connectivity index (χ3v) is 4.13. The maximum Gasteiger partial charge on any atom is 0.157 e. The Balaban J connectivity index is 2.10. The molecule has 1 unspecified atom stereocenters. The highest BCUT2D eigenvalue weighted by Gasteiger charge is 2.38. The Morgan fingerprint density at radius 2 is 2.35 bits per heavy atom. The van der Waals surface area contributed by atoms with Gasteiger partial charge in [-0.15, -0.1) is 0 Å². The largest absolute Gasteiger partial charge is 0.305 e. The van der Waals surface area contributed by atoms with Crippen molar-refractivity contribution in [2.24, 2.45) is 0 Å². The van der Waals surface area contributed by atoms with E-state index in [2.05, 4.69) is 28.2 Å². The number of carbonyl (C=O) groups is 1. The predicted molar refractivity (Wildman–Crippen MR) is 73.1 cm³/mol. The van der Waals surface area contributed by atoms with Crippen LogP contribution in [0, 0.1) is 0 Å². The maximum absolute atomic E-state index is 12.4. The molecule has 0 spiro atoms.